The number of nitrogens with zero attached hydrogens (tertiary/aromatic N) is 5. The molecule has 7 nitrogen and oxygen atoms in total. The van der Waals surface area contributed by atoms with Crippen LogP contribution >= 0.6 is 11.6 Å². The zero-order valence-corrected chi connectivity index (χ0v) is 24.5. The lowest BCUT2D eigenvalue weighted by Crippen LogP contribution is -2.56. The second-order valence-electron chi connectivity index (χ2n) is 10.6. The topological polar surface area (TPSA) is 76.1 Å². The monoisotopic (exact) mass is 600 g/mol. The molecule has 220 valence electrons. The molecule has 4 heterocycles. The highest BCUT2D eigenvalue weighted by atomic mass is 35.5. The van der Waals surface area contributed by atoms with Gasteiger partial charge in [-0.3, -0.25) is 9.97 Å². The fraction of sp³-hybridized carbons (Fsp3) is 0.273. The minimum atomic E-state index is -0.584. The van der Waals surface area contributed by atoms with Gasteiger partial charge in [-0.2, -0.15) is 9.97 Å². The summed E-state index contributed by atoms with van der Waals surface area (Å²) in [6, 6.07) is 14.4. The second-order valence-corrected chi connectivity index (χ2v) is 11.0. The van der Waals surface area contributed by atoms with E-state index >= 15 is 4.39 Å². The zero-order chi connectivity index (χ0) is 29.9. The number of fused-ring (bicyclic) bond motifs is 2. The summed E-state index contributed by atoms with van der Waals surface area (Å²) in [4.78, 5) is 20.1. The molecule has 0 amide bonds. The molecule has 1 fully saturated rings. The van der Waals surface area contributed by atoms with Gasteiger partial charge in [0.2, 0.25) is 0 Å². The molecule has 5 aromatic rings. The molecule has 0 saturated carbocycles. The molecule has 1 aliphatic heterocycles. The van der Waals surface area contributed by atoms with Gasteiger partial charge >= 0.3 is 6.01 Å². The van der Waals surface area contributed by atoms with Crippen LogP contribution in [0.4, 0.5) is 14.6 Å². The van der Waals surface area contributed by atoms with Crippen molar-refractivity contribution in [1.29, 1.82) is 0 Å². The number of hydrogen-bond donors (Lipinski definition) is 1. The fourth-order valence-corrected chi connectivity index (χ4v) is 5.92. The maximum absolute atomic E-state index is 16.6. The van der Waals surface area contributed by atoms with Crippen molar-refractivity contribution in [3.63, 3.8) is 0 Å². The third-order valence-electron chi connectivity index (χ3n) is 7.66. The Labute approximate surface area is 253 Å². The Morgan fingerprint density at radius 2 is 1.91 bits per heavy atom. The summed E-state index contributed by atoms with van der Waals surface area (Å²) in [5.41, 5.74) is 1.48. The van der Waals surface area contributed by atoms with Crippen LogP contribution in [0.3, 0.4) is 0 Å². The molecular formula is C33H31ClF2N6O. The molecule has 2 atom stereocenters. The van der Waals surface area contributed by atoms with Crippen molar-refractivity contribution in [3.05, 3.63) is 95.9 Å². The van der Waals surface area contributed by atoms with Crippen LogP contribution in [-0.4, -0.2) is 51.7 Å². The van der Waals surface area contributed by atoms with E-state index in [1.165, 1.54) is 6.07 Å². The lowest BCUT2D eigenvalue weighted by Gasteiger charge is -2.39. The third kappa shape index (κ3) is 6.00. The van der Waals surface area contributed by atoms with Crippen molar-refractivity contribution >= 4 is 39.1 Å². The van der Waals surface area contributed by atoms with Gasteiger partial charge in [0.1, 0.15) is 22.8 Å². The number of nitrogens with one attached hydrogen (secondary N) is 1. The molecule has 1 saturated heterocycles. The summed E-state index contributed by atoms with van der Waals surface area (Å²) in [6.45, 7) is 7.58. The van der Waals surface area contributed by atoms with Gasteiger partial charge in [-0.25, -0.2) is 8.78 Å². The van der Waals surface area contributed by atoms with Gasteiger partial charge in [0.05, 0.1) is 18.2 Å². The summed E-state index contributed by atoms with van der Waals surface area (Å²) < 4.78 is 35.8. The Bertz CT molecular complexity index is 1780. The highest BCUT2D eigenvalue weighted by Gasteiger charge is 2.29. The first-order chi connectivity index (χ1) is 20.9. The average molecular weight is 601 g/mol. The van der Waals surface area contributed by atoms with E-state index in [-0.39, 0.29) is 35.9 Å². The number of rotatable bonds is 9. The smallest absolute Gasteiger partial charge is 0.319 e. The number of halogens is 3. The molecule has 2 unspecified atom stereocenters. The van der Waals surface area contributed by atoms with Crippen molar-refractivity contribution in [2.45, 2.75) is 38.3 Å². The predicted molar refractivity (Wildman–Crippen MR) is 167 cm³/mol. The lowest BCUT2D eigenvalue weighted by atomic mass is 10.0. The van der Waals surface area contributed by atoms with Gasteiger partial charge in [0.25, 0.3) is 0 Å². The average Bonchev–Trinajstić information content (AvgIpc) is 3.02. The first-order valence-corrected chi connectivity index (χ1v) is 14.7. The van der Waals surface area contributed by atoms with Crippen LogP contribution in [-0.2, 0) is 6.42 Å². The molecule has 3 aromatic heterocycles. The van der Waals surface area contributed by atoms with E-state index in [0.717, 1.165) is 24.4 Å². The second kappa shape index (κ2) is 12.6. The van der Waals surface area contributed by atoms with Crippen LogP contribution in [0.5, 0.6) is 6.01 Å². The molecule has 1 N–H and O–H groups in total. The molecule has 0 bridgehead atoms. The number of anilines is 1. The van der Waals surface area contributed by atoms with Gasteiger partial charge in [0, 0.05) is 59.5 Å². The Hall–Kier alpha value is -4.21. The van der Waals surface area contributed by atoms with Crippen LogP contribution in [0.15, 0.2) is 73.6 Å². The maximum atomic E-state index is 16.6. The van der Waals surface area contributed by atoms with E-state index in [0.29, 0.717) is 52.4 Å². The van der Waals surface area contributed by atoms with Crippen LogP contribution in [0.25, 0.3) is 32.9 Å². The first kappa shape index (κ1) is 28.9. The van der Waals surface area contributed by atoms with Crippen molar-refractivity contribution < 1.29 is 13.5 Å². The summed E-state index contributed by atoms with van der Waals surface area (Å²) >= 11 is 6.58. The Morgan fingerprint density at radius 1 is 1.07 bits per heavy atom. The van der Waals surface area contributed by atoms with Gasteiger partial charge in [-0.1, -0.05) is 61.4 Å². The van der Waals surface area contributed by atoms with Gasteiger partial charge < -0.3 is 15.0 Å². The summed E-state index contributed by atoms with van der Waals surface area (Å²) in [5.74, 6) is -0.447. The quantitative estimate of drug-likeness (QED) is 0.184. The summed E-state index contributed by atoms with van der Waals surface area (Å²) in [6.07, 6.45) is 7.06. The zero-order valence-electron chi connectivity index (χ0n) is 23.7. The Kier molecular flexibility index (Phi) is 8.44. The minimum Gasteiger partial charge on any atom is -0.463 e. The van der Waals surface area contributed by atoms with E-state index < -0.39 is 11.6 Å². The normalized spacial score (nSPS) is 17.0. The maximum Gasteiger partial charge on any atom is 0.319 e. The van der Waals surface area contributed by atoms with Crippen LogP contribution in [0.1, 0.15) is 25.5 Å². The molecule has 10 heteroatoms. The van der Waals surface area contributed by atoms with Crippen LogP contribution in [0.2, 0.25) is 5.02 Å². The van der Waals surface area contributed by atoms with Gasteiger partial charge in [-0.05, 0) is 30.0 Å². The number of pyridine rings is 2. The standard InChI is InChI=1S/C33H31ClF2N6O/c1-3-7-24-19-42(18-22(4-2)39-24)32-26-17-38-30(25-10-5-8-20-9-6-11-27(34)28(20)25)29(36)31(26)40-33(41-32)43-15-14-23-13-12-21(35)16-37-23/h4-6,8-13,16-17,22,24,39H,2-3,7,14-15,18-19H2,1H3. The molecule has 1 aliphatic rings. The Morgan fingerprint density at radius 3 is 2.67 bits per heavy atom. The van der Waals surface area contributed by atoms with Crippen molar-refractivity contribution in [2.24, 2.45) is 0 Å². The molecule has 0 spiro atoms. The molecular weight excluding hydrogens is 570 g/mol. The van der Waals surface area contributed by atoms with E-state index in [1.807, 2.05) is 30.3 Å². The highest BCUT2D eigenvalue weighted by molar-refractivity contribution is 6.36. The van der Waals surface area contributed by atoms with Crippen LogP contribution < -0.4 is 15.0 Å². The Balaban J connectivity index is 1.44. The van der Waals surface area contributed by atoms with Gasteiger partial charge in [-0.15, -0.1) is 6.58 Å². The molecule has 0 radical (unpaired) electrons. The molecule has 0 aliphatic carbocycles. The first-order valence-electron chi connectivity index (χ1n) is 14.4. The van der Waals surface area contributed by atoms with Crippen molar-refractivity contribution in [2.75, 3.05) is 24.6 Å². The summed E-state index contributed by atoms with van der Waals surface area (Å²) in [7, 11) is 0. The highest BCUT2D eigenvalue weighted by Crippen LogP contribution is 2.37. The molecule has 6 rings (SSSR count). The number of aromatic nitrogens is 4. The van der Waals surface area contributed by atoms with Crippen molar-refractivity contribution in [3.8, 4) is 17.3 Å². The SMILES string of the molecule is C=CC1CN(c2nc(OCCc3ccc(F)cn3)nc3c(F)c(-c4cccc5cccc(Cl)c45)ncc23)CC(CCC)N1. The number of hydrogen-bond acceptors (Lipinski definition) is 7. The third-order valence-corrected chi connectivity index (χ3v) is 7.97. The van der Waals surface area contributed by atoms with Crippen molar-refractivity contribution in [1.82, 2.24) is 25.3 Å². The van der Waals surface area contributed by atoms with E-state index in [9.17, 15) is 4.39 Å². The van der Waals surface area contributed by atoms with Crippen LogP contribution in [0, 0.1) is 11.6 Å². The van der Waals surface area contributed by atoms with E-state index in [4.69, 9.17) is 21.3 Å². The number of piperazine rings is 1. The number of benzene rings is 2. The molecule has 2 aromatic carbocycles. The largest absolute Gasteiger partial charge is 0.463 e. The van der Waals surface area contributed by atoms with Gasteiger partial charge in [0.15, 0.2) is 5.82 Å². The summed E-state index contributed by atoms with van der Waals surface area (Å²) in [5, 5.41) is 6.21. The lowest BCUT2D eigenvalue weighted by molar-refractivity contribution is 0.295. The fourth-order valence-electron chi connectivity index (χ4n) is 5.63. The number of ether oxygens (including phenoxy) is 1. The predicted octanol–water partition coefficient (Wildman–Crippen LogP) is 6.93. The minimum absolute atomic E-state index is 0.0270. The van der Waals surface area contributed by atoms with E-state index in [2.05, 4.69) is 38.7 Å². The molecule has 43 heavy (non-hydrogen) atoms. The van der Waals surface area contributed by atoms with E-state index in [1.54, 1.807) is 24.4 Å².